The molecule has 0 spiro atoms. The number of benzene rings is 1. The van der Waals surface area contributed by atoms with Gasteiger partial charge in [-0.25, -0.2) is 0 Å². The summed E-state index contributed by atoms with van der Waals surface area (Å²) in [5.41, 5.74) is 5.99. The van der Waals surface area contributed by atoms with E-state index in [4.69, 9.17) is 5.73 Å². The molecule has 0 saturated carbocycles. The molecule has 0 aliphatic carbocycles. The van der Waals surface area contributed by atoms with Crippen LogP contribution < -0.4 is 5.73 Å². The van der Waals surface area contributed by atoms with Crippen LogP contribution in [-0.4, -0.2) is 34.6 Å². The quantitative estimate of drug-likeness (QED) is 0.780. The molecule has 2 rings (SSSR count). The normalized spacial score (nSPS) is 24.1. The average Bonchev–Trinajstić information content (AvgIpc) is 2.30. The number of carbonyl (C=O) groups excluding carboxylic acids is 1. The lowest BCUT2D eigenvalue weighted by molar-refractivity contribution is -0.0107. The highest BCUT2D eigenvalue weighted by molar-refractivity contribution is 9.10. The van der Waals surface area contributed by atoms with E-state index in [1.807, 2.05) is 0 Å². The van der Waals surface area contributed by atoms with Crippen LogP contribution in [0.5, 0.6) is 0 Å². The molecule has 98 valence electrons. The molecule has 1 aromatic rings. The van der Waals surface area contributed by atoms with Crippen LogP contribution in [-0.2, 0) is 0 Å². The maximum Gasteiger partial charge on any atom is 0.256 e. The highest BCUT2D eigenvalue weighted by Crippen LogP contribution is 2.25. The van der Waals surface area contributed by atoms with E-state index in [1.54, 1.807) is 30.0 Å². The fourth-order valence-electron chi connectivity index (χ4n) is 2.28. The zero-order valence-electron chi connectivity index (χ0n) is 10.3. The fraction of sp³-hybridized carbons (Fsp3) is 0.462. The Morgan fingerprint density at radius 3 is 2.94 bits per heavy atom. The number of hydrogen-bond donors (Lipinski definition) is 2. The number of piperidine rings is 1. The molecule has 0 aromatic heterocycles. The highest BCUT2D eigenvalue weighted by Gasteiger charge is 2.31. The number of nitrogens with zero attached hydrogens (tertiary/aromatic N) is 1. The lowest BCUT2D eigenvalue weighted by Crippen LogP contribution is -2.48. The van der Waals surface area contributed by atoms with Gasteiger partial charge in [-0.2, -0.15) is 0 Å². The molecule has 1 fully saturated rings. The zero-order chi connectivity index (χ0) is 13.3. The summed E-state index contributed by atoms with van der Waals surface area (Å²) < 4.78 is 0.823. The van der Waals surface area contributed by atoms with Crippen molar-refractivity contribution >= 4 is 27.5 Å². The lowest BCUT2D eigenvalue weighted by Gasteiger charge is -2.37. The maximum absolute atomic E-state index is 12.4. The smallest absolute Gasteiger partial charge is 0.256 e. The van der Waals surface area contributed by atoms with E-state index in [2.05, 4.69) is 15.9 Å². The van der Waals surface area contributed by atoms with Crippen LogP contribution in [0.1, 0.15) is 30.1 Å². The number of amides is 1. The standard InChI is InChI=1S/C13H17BrN2O2/c1-13(18)5-2-6-16(8-13)12(17)10-7-9(14)3-4-11(10)15/h3-4,7,18H,2,5-6,8,15H2,1H3. The highest BCUT2D eigenvalue weighted by atomic mass is 79.9. The van der Waals surface area contributed by atoms with Crippen molar-refractivity contribution in [3.8, 4) is 0 Å². The Balaban J connectivity index is 2.23. The molecule has 1 aliphatic heterocycles. The van der Waals surface area contributed by atoms with Crippen molar-refractivity contribution < 1.29 is 9.90 Å². The van der Waals surface area contributed by atoms with Crippen LogP contribution in [0.4, 0.5) is 5.69 Å². The van der Waals surface area contributed by atoms with Crippen molar-refractivity contribution in [2.24, 2.45) is 0 Å². The third-order valence-electron chi connectivity index (χ3n) is 3.21. The Kier molecular flexibility index (Phi) is 3.64. The number of hydrogen-bond acceptors (Lipinski definition) is 3. The van der Waals surface area contributed by atoms with Gasteiger partial charge in [-0.1, -0.05) is 15.9 Å². The van der Waals surface area contributed by atoms with E-state index in [1.165, 1.54) is 0 Å². The zero-order valence-corrected chi connectivity index (χ0v) is 11.9. The molecular formula is C13H17BrN2O2. The Bertz CT molecular complexity index is 474. The van der Waals surface area contributed by atoms with Crippen LogP contribution >= 0.6 is 15.9 Å². The van der Waals surface area contributed by atoms with Crippen molar-refractivity contribution in [2.45, 2.75) is 25.4 Å². The summed E-state index contributed by atoms with van der Waals surface area (Å²) in [4.78, 5) is 14.0. The van der Waals surface area contributed by atoms with E-state index in [0.717, 1.165) is 17.3 Å². The summed E-state index contributed by atoms with van der Waals surface area (Å²) in [5, 5.41) is 10.0. The van der Waals surface area contributed by atoms with Crippen LogP contribution in [0.15, 0.2) is 22.7 Å². The summed E-state index contributed by atoms with van der Waals surface area (Å²) in [5.74, 6) is -0.117. The number of carbonyl (C=O) groups is 1. The SMILES string of the molecule is CC1(O)CCCN(C(=O)c2cc(Br)ccc2N)C1. The summed E-state index contributed by atoms with van der Waals surface area (Å²) in [6.45, 7) is 2.79. The van der Waals surface area contributed by atoms with Crippen LogP contribution in [0.2, 0.25) is 0 Å². The molecule has 3 N–H and O–H groups in total. The van der Waals surface area contributed by atoms with Gasteiger partial charge in [0.2, 0.25) is 0 Å². The van der Waals surface area contributed by atoms with Crippen molar-refractivity contribution in [1.29, 1.82) is 0 Å². The Morgan fingerprint density at radius 1 is 1.56 bits per heavy atom. The van der Waals surface area contributed by atoms with Gasteiger partial charge in [0.05, 0.1) is 11.2 Å². The summed E-state index contributed by atoms with van der Waals surface area (Å²) in [6, 6.07) is 5.23. The van der Waals surface area contributed by atoms with Crippen molar-refractivity contribution in [3.63, 3.8) is 0 Å². The topological polar surface area (TPSA) is 66.6 Å². The minimum Gasteiger partial charge on any atom is -0.398 e. The van der Waals surface area contributed by atoms with Crippen LogP contribution in [0, 0.1) is 0 Å². The van der Waals surface area contributed by atoms with E-state index in [-0.39, 0.29) is 5.91 Å². The Hall–Kier alpha value is -1.07. The molecule has 1 amide bonds. The molecule has 1 aliphatic rings. The van der Waals surface area contributed by atoms with Crippen molar-refractivity contribution in [2.75, 3.05) is 18.8 Å². The second kappa shape index (κ2) is 4.90. The fourth-order valence-corrected chi connectivity index (χ4v) is 2.64. The Labute approximate surface area is 115 Å². The first-order chi connectivity index (χ1) is 8.39. The van der Waals surface area contributed by atoms with Gasteiger partial charge < -0.3 is 15.7 Å². The molecule has 4 nitrogen and oxygen atoms in total. The number of nitrogens with two attached hydrogens (primary N) is 1. The lowest BCUT2D eigenvalue weighted by atomic mass is 9.94. The molecule has 0 bridgehead atoms. The van der Waals surface area contributed by atoms with Gasteiger partial charge >= 0.3 is 0 Å². The maximum atomic E-state index is 12.4. The van der Waals surface area contributed by atoms with Gasteiger partial charge in [-0.3, -0.25) is 4.79 Å². The van der Waals surface area contributed by atoms with Gasteiger partial charge in [-0.15, -0.1) is 0 Å². The van der Waals surface area contributed by atoms with Gasteiger partial charge in [0.25, 0.3) is 5.91 Å². The molecule has 1 aromatic carbocycles. The van der Waals surface area contributed by atoms with Crippen LogP contribution in [0.25, 0.3) is 0 Å². The van der Waals surface area contributed by atoms with Gasteiger partial charge in [-0.05, 0) is 38.0 Å². The molecular weight excluding hydrogens is 296 g/mol. The summed E-state index contributed by atoms with van der Waals surface area (Å²) >= 11 is 3.34. The minimum atomic E-state index is -0.797. The molecule has 5 heteroatoms. The molecule has 0 radical (unpaired) electrons. The first-order valence-corrected chi connectivity index (χ1v) is 6.75. The molecule has 18 heavy (non-hydrogen) atoms. The van der Waals surface area contributed by atoms with Crippen molar-refractivity contribution in [1.82, 2.24) is 4.90 Å². The van der Waals surface area contributed by atoms with Gasteiger partial charge in [0.1, 0.15) is 0 Å². The predicted octanol–water partition coefficient (Wildman–Crippen LogP) is 2.02. The predicted molar refractivity (Wildman–Crippen MR) is 74.3 cm³/mol. The third-order valence-corrected chi connectivity index (χ3v) is 3.70. The van der Waals surface area contributed by atoms with Gasteiger partial charge in [0, 0.05) is 23.2 Å². The molecule has 1 atom stereocenters. The first kappa shape index (κ1) is 13.4. The van der Waals surface area contributed by atoms with E-state index >= 15 is 0 Å². The van der Waals surface area contributed by atoms with Crippen LogP contribution in [0.3, 0.4) is 0 Å². The number of aliphatic hydroxyl groups is 1. The number of nitrogen functional groups attached to an aromatic ring is 1. The third kappa shape index (κ3) is 2.84. The number of likely N-dealkylation sites (tertiary alicyclic amines) is 1. The van der Waals surface area contributed by atoms with E-state index in [9.17, 15) is 9.90 Å². The minimum absolute atomic E-state index is 0.117. The number of rotatable bonds is 1. The monoisotopic (exact) mass is 312 g/mol. The number of β-amino-alcohol motifs (C(OH)–C–C–N with tert-alkyl or cyclic N) is 1. The van der Waals surface area contributed by atoms with E-state index < -0.39 is 5.60 Å². The number of halogens is 1. The summed E-state index contributed by atoms with van der Waals surface area (Å²) in [6.07, 6.45) is 1.54. The molecule has 1 saturated heterocycles. The Morgan fingerprint density at radius 2 is 2.28 bits per heavy atom. The first-order valence-electron chi connectivity index (χ1n) is 5.96. The second-order valence-corrected chi connectivity index (χ2v) is 5.97. The van der Waals surface area contributed by atoms with Crippen molar-refractivity contribution in [3.05, 3.63) is 28.2 Å². The molecule has 1 unspecified atom stereocenters. The van der Waals surface area contributed by atoms with E-state index in [0.29, 0.717) is 24.3 Å². The second-order valence-electron chi connectivity index (χ2n) is 5.06. The largest absolute Gasteiger partial charge is 0.398 e. The average molecular weight is 313 g/mol. The summed E-state index contributed by atoms with van der Waals surface area (Å²) in [7, 11) is 0. The van der Waals surface area contributed by atoms with Gasteiger partial charge in [0.15, 0.2) is 0 Å². The number of anilines is 1. The molecule has 1 heterocycles.